The maximum atomic E-state index is 12.5. The quantitative estimate of drug-likeness (QED) is 0.799. The van der Waals surface area contributed by atoms with E-state index in [1.54, 1.807) is 24.3 Å². The van der Waals surface area contributed by atoms with Crippen LogP contribution in [0.1, 0.15) is 45.6 Å². The van der Waals surface area contributed by atoms with Gasteiger partial charge in [-0.05, 0) is 52.7 Å². The molecule has 2 bridgehead atoms. The van der Waals surface area contributed by atoms with Crippen molar-refractivity contribution in [1.29, 1.82) is 0 Å². The van der Waals surface area contributed by atoms with Gasteiger partial charge in [0.05, 0.1) is 22.2 Å². The molecule has 3 atom stereocenters. The number of hydrogen-bond donors (Lipinski definition) is 0. The molecule has 122 valence electrons. The van der Waals surface area contributed by atoms with Crippen LogP contribution in [0.5, 0.6) is 0 Å². The smallest absolute Gasteiger partial charge is 0.297 e. The van der Waals surface area contributed by atoms with Crippen LogP contribution >= 0.6 is 0 Å². The van der Waals surface area contributed by atoms with Gasteiger partial charge in [-0.2, -0.15) is 8.42 Å². The zero-order valence-corrected chi connectivity index (χ0v) is 14.4. The molecule has 0 spiro atoms. The highest BCUT2D eigenvalue weighted by molar-refractivity contribution is 7.86. The van der Waals surface area contributed by atoms with Crippen molar-refractivity contribution >= 4 is 10.1 Å². The van der Waals surface area contributed by atoms with Crippen molar-refractivity contribution in [1.82, 2.24) is 0 Å². The Morgan fingerprint density at radius 3 is 2.36 bits per heavy atom. The van der Waals surface area contributed by atoms with Crippen LogP contribution < -0.4 is 0 Å². The molecule has 0 radical (unpaired) electrons. The van der Waals surface area contributed by atoms with E-state index >= 15 is 0 Å². The highest BCUT2D eigenvalue weighted by Crippen LogP contribution is 2.51. The van der Waals surface area contributed by atoms with Gasteiger partial charge in [-0.1, -0.05) is 17.7 Å². The summed E-state index contributed by atoms with van der Waals surface area (Å²) in [5.74, 6) is 0.106. The number of fused-ring (bicyclic) bond motifs is 3. The first kappa shape index (κ1) is 16.0. The van der Waals surface area contributed by atoms with E-state index in [0.29, 0.717) is 6.42 Å². The van der Waals surface area contributed by atoms with Gasteiger partial charge in [0.1, 0.15) is 0 Å². The SMILES string of the molecule is Cc1ccc(S(=O)(=O)O[C@@H]2C[C@@]3(C)CC[C@@H]2C(C)(C)O3)cc1. The van der Waals surface area contributed by atoms with Crippen molar-refractivity contribution in [2.45, 2.75) is 69.2 Å². The van der Waals surface area contributed by atoms with Gasteiger partial charge in [0.25, 0.3) is 10.1 Å². The Bertz CT molecular complexity index is 660. The number of ether oxygens (including phenoxy) is 1. The fourth-order valence-electron chi connectivity index (χ4n) is 3.94. The van der Waals surface area contributed by atoms with Crippen LogP contribution in [0.25, 0.3) is 0 Å². The molecule has 1 saturated carbocycles. The zero-order chi connectivity index (χ0) is 16.2. The highest BCUT2D eigenvalue weighted by atomic mass is 32.2. The lowest BCUT2D eigenvalue weighted by Crippen LogP contribution is -2.60. The number of benzene rings is 1. The minimum atomic E-state index is -3.73. The monoisotopic (exact) mass is 324 g/mol. The first-order chi connectivity index (χ1) is 10.1. The number of hydrogen-bond acceptors (Lipinski definition) is 4. The van der Waals surface area contributed by atoms with Gasteiger partial charge in [-0.25, -0.2) is 0 Å². The molecule has 2 aliphatic heterocycles. The van der Waals surface area contributed by atoms with E-state index in [0.717, 1.165) is 18.4 Å². The maximum Gasteiger partial charge on any atom is 0.297 e. The van der Waals surface area contributed by atoms with Crippen LogP contribution in [-0.2, 0) is 19.0 Å². The largest absolute Gasteiger partial charge is 0.369 e. The molecule has 0 amide bonds. The first-order valence-electron chi connectivity index (χ1n) is 7.82. The third-order valence-electron chi connectivity index (χ3n) is 5.03. The third-order valence-corrected chi connectivity index (χ3v) is 6.38. The summed E-state index contributed by atoms with van der Waals surface area (Å²) in [6, 6.07) is 6.79. The summed E-state index contributed by atoms with van der Waals surface area (Å²) in [6.45, 7) is 8.04. The van der Waals surface area contributed by atoms with E-state index in [1.165, 1.54) is 0 Å². The van der Waals surface area contributed by atoms with Crippen LogP contribution in [0.2, 0.25) is 0 Å². The minimum absolute atomic E-state index is 0.106. The summed E-state index contributed by atoms with van der Waals surface area (Å²) in [5.41, 5.74) is 0.391. The molecule has 5 heteroatoms. The lowest BCUT2D eigenvalue weighted by atomic mass is 9.67. The standard InChI is InChI=1S/C17H24O4S/c1-12-5-7-13(8-6-12)22(18,19)20-15-11-17(4)10-9-14(15)16(2,3)21-17/h5-8,14-15H,9-11H2,1-4H3/t14-,15+,17+/m0/s1. The average molecular weight is 324 g/mol. The second-order valence-electron chi connectivity index (χ2n) is 7.41. The zero-order valence-electron chi connectivity index (χ0n) is 13.6. The fraction of sp³-hybridized carbons (Fsp3) is 0.647. The van der Waals surface area contributed by atoms with Crippen molar-refractivity contribution in [2.75, 3.05) is 0 Å². The van der Waals surface area contributed by atoms with Gasteiger partial charge in [-0.3, -0.25) is 4.18 Å². The van der Waals surface area contributed by atoms with Gasteiger partial charge in [0, 0.05) is 12.3 Å². The lowest BCUT2D eigenvalue weighted by Gasteiger charge is -2.56. The summed E-state index contributed by atoms with van der Waals surface area (Å²) < 4.78 is 36.9. The highest BCUT2D eigenvalue weighted by Gasteiger charge is 2.55. The van der Waals surface area contributed by atoms with Gasteiger partial charge in [-0.15, -0.1) is 0 Å². The molecule has 1 aliphatic carbocycles. The Labute approximate surface area is 132 Å². The predicted octanol–water partition coefficient (Wildman–Crippen LogP) is 3.44. The summed E-state index contributed by atoms with van der Waals surface area (Å²) in [6.07, 6.45) is 2.23. The van der Waals surface area contributed by atoms with Gasteiger partial charge >= 0.3 is 0 Å². The molecule has 0 aromatic heterocycles. The van der Waals surface area contributed by atoms with Gasteiger partial charge in [0.15, 0.2) is 0 Å². The lowest BCUT2D eigenvalue weighted by molar-refractivity contribution is -0.258. The average Bonchev–Trinajstić information content (AvgIpc) is 2.36. The summed E-state index contributed by atoms with van der Waals surface area (Å²) in [7, 11) is -3.73. The summed E-state index contributed by atoms with van der Waals surface area (Å²) in [5, 5.41) is 0. The van der Waals surface area contributed by atoms with E-state index < -0.39 is 10.1 Å². The molecule has 0 unspecified atom stereocenters. The molecule has 3 aliphatic rings. The molecular formula is C17H24O4S. The van der Waals surface area contributed by atoms with Crippen molar-refractivity contribution < 1.29 is 17.3 Å². The topological polar surface area (TPSA) is 52.6 Å². The third kappa shape index (κ3) is 2.82. The molecule has 22 heavy (non-hydrogen) atoms. The normalized spacial score (nSPS) is 33.8. The van der Waals surface area contributed by atoms with Gasteiger partial charge < -0.3 is 4.74 Å². The molecule has 4 nitrogen and oxygen atoms in total. The van der Waals surface area contributed by atoms with E-state index in [9.17, 15) is 8.42 Å². The van der Waals surface area contributed by atoms with Crippen LogP contribution in [-0.4, -0.2) is 25.7 Å². The number of rotatable bonds is 3. The van der Waals surface area contributed by atoms with Crippen LogP contribution in [0, 0.1) is 12.8 Å². The Hall–Kier alpha value is -0.910. The van der Waals surface area contributed by atoms with E-state index in [2.05, 4.69) is 6.92 Å². The second-order valence-corrected chi connectivity index (χ2v) is 8.98. The van der Waals surface area contributed by atoms with Crippen molar-refractivity contribution in [3.8, 4) is 0 Å². The van der Waals surface area contributed by atoms with E-state index in [4.69, 9.17) is 8.92 Å². The van der Waals surface area contributed by atoms with E-state index in [-0.39, 0.29) is 28.1 Å². The second kappa shape index (κ2) is 5.05. The summed E-state index contributed by atoms with van der Waals surface area (Å²) in [4.78, 5) is 0.225. The van der Waals surface area contributed by atoms with Crippen molar-refractivity contribution in [3.63, 3.8) is 0 Å². The molecule has 1 aromatic carbocycles. The Kier molecular flexibility index (Phi) is 3.66. The Morgan fingerprint density at radius 2 is 1.82 bits per heavy atom. The maximum absolute atomic E-state index is 12.5. The summed E-state index contributed by atoms with van der Waals surface area (Å²) >= 11 is 0. The molecular weight excluding hydrogens is 300 g/mol. The fourth-order valence-corrected chi connectivity index (χ4v) is 5.05. The predicted molar refractivity (Wildman–Crippen MR) is 84.1 cm³/mol. The van der Waals surface area contributed by atoms with Crippen molar-refractivity contribution in [3.05, 3.63) is 29.8 Å². The molecule has 1 aromatic rings. The molecule has 2 heterocycles. The molecule has 3 fully saturated rings. The van der Waals surface area contributed by atoms with Crippen LogP contribution in [0.4, 0.5) is 0 Å². The minimum Gasteiger partial charge on any atom is -0.369 e. The van der Waals surface area contributed by atoms with Crippen LogP contribution in [0.15, 0.2) is 29.2 Å². The van der Waals surface area contributed by atoms with Crippen LogP contribution in [0.3, 0.4) is 0 Å². The Balaban J connectivity index is 1.85. The molecule has 0 N–H and O–H groups in total. The van der Waals surface area contributed by atoms with Gasteiger partial charge in [0.2, 0.25) is 0 Å². The Morgan fingerprint density at radius 1 is 1.18 bits per heavy atom. The van der Waals surface area contributed by atoms with E-state index in [1.807, 2.05) is 20.8 Å². The molecule has 2 saturated heterocycles. The number of aryl methyl sites for hydroxylation is 1. The first-order valence-corrected chi connectivity index (χ1v) is 9.22. The van der Waals surface area contributed by atoms with Crippen molar-refractivity contribution in [2.24, 2.45) is 5.92 Å². The molecule has 4 rings (SSSR count).